The van der Waals surface area contributed by atoms with E-state index in [0.717, 1.165) is 18.4 Å². The van der Waals surface area contributed by atoms with Gasteiger partial charge >= 0.3 is 0 Å². The quantitative estimate of drug-likeness (QED) is 0.824. The molecule has 19 heavy (non-hydrogen) atoms. The number of benzene rings is 1. The zero-order chi connectivity index (χ0) is 13.1. The molecule has 3 rings (SSSR count). The largest absolute Gasteiger partial charge is 0.423 e. The number of rotatable bonds is 2. The molecular formula is C13H13N3O3. The van der Waals surface area contributed by atoms with Crippen molar-refractivity contribution in [2.24, 2.45) is 0 Å². The van der Waals surface area contributed by atoms with Gasteiger partial charge in [0.2, 0.25) is 12.3 Å². The molecule has 2 aromatic rings. The molecule has 0 unspecified atom stereocenters. The van der Waals surface area contributed by atoms with Crippen molar-refractivity contribution in [1.29, 1.82) is 0 Å². The van der Waals surface area contributed by atoms with Gasteiger partial charge in [0.05, 0.1) is 6.61 Å². The van der Waals surface area contributed by atoms with Crippen LogP contribution in [0.5, 0.6) is 0 Å². The Kier molecular flexibility index (Phi) is 3.24. The summed E-state index contributed by atoms with van der Waals surface area (Å²) in [5.74, 6) is 0.324. The maximum absolute atomic E-state index is 12.1. The molecule has 2 heterocycles. The van der Waals surface area contributed by atoms with Crippen molar-refractivity contribution >= 4 is 5.91 Å². The Morgan fingerprint density at radius 1 is 1.21 bits per heavy atom. The van der Waals surface area contributed by atoms with E-state index in [0.29, 0.717) is 24.6 Å². The van der Waals surface area contributed by atoms with Gasteiger partial charge in [-0.2, -0.15) is 0 Å². The fraction of sp³-hybridized carbons (Fsp3) is 0.308. The Balaban J connectivity index is 1.76. The van der Waals surface area contributed by atoms with E-state index < -0.39 is 0 Å². The van der Waals surface area contributed by atoms with Gasteiger partial charge < -0.3 is 4.42 Å². The van der Waals surface area contributed by atoms with E-state index in [1.807, 2.05) is 0 Å². The second kappa shape index (κ2) is 5.19. The first kappa shape index (κ1) is 11.9. The molecule has 6 nitrogen and oxygen atoms in total. The molecule has 0 N–H and O–H groups in total. The van der Waals surface area contributed by atoms with Crippen LogP contribution in [0.4, 0.5) is 0 Å². The molecule has 1 fully saturated rings. The molecule has 0 saturated carbocycles. The van der Waals surface area contributed by atoms with E-state index in [9.17, 15) is 4.79 Å². The first-order chi connectivity index (χ1) is 9.34. The molecule has 1 aromatic heterocycles. The molecule has 0 aliphatic carbocycles. The SMILES string of the molecule is O=C(c1ccc(-c2nnco2)cc1)N1CCCCO1. The van der Waals surface area contributed by atoms with Crippen LogP contribution >= 0.6 is 0 Å². The van der Waals surface area contributed by atoms with Crippen molar-refractivity contribution < 1.29 is 14.0 Å². The third kappa shape index (κ3) is 2.48. The van der Waals surface area contributed by atoms with Crippen LogP contribution in [0.2, 0.25) is 0 Å². The van der Waals surface area contributed by atoms with Gasteiger partial charge in [-0.15, -0.1) is 10.2 Å². The van der Waals surface area contributed by atoms with Gasteiger partial charge in [0.25, 0.3) is 5.91 Å². The van der Waals surface area contributed by atoms with Crippen LogP contribution in [0.15, 0.2) is 35.1 Å². The first-order valence-corrected chi connectivity index (χ1v) is 6.16. The van der Waals surface area contributed by atoms with Crippen molar-refractivity contribution in [3.8, 4) is 11.5 Å². The van der Waals surface area contributed by atoms with Crippen LogP contribution in [-0.4, -0.2) is 34.3 Å². The van der Waals surface area contributed by atoms with Crippen molar-refractivity contribution in [1.82, 2.24) is 15.3 Å². The van der Waals surface area contributed by atoms with Crippen LogP contribution < -0.4 is 0 Å². The van der Waals surface area contributed by atoms with E-state index in [-0.39, 0.29) is 5.91 Å². The number of amides is 1. The van der Waals surface area contributed by atoms with Gasteiger partial charge in [0.1, 0.15) is 0 Å². The lowest BCUT2D eigenvalue weighted by molar-refractivity contribution is -0.144. The zero-order valence-electron chi connectivity index (χ0n) is 10.3. The molecule has 98 valence electrons. The fourth-order valence-corrected chi connectivity index (χ4v) is 1.96. The molecule has 0 atom stereocenters. The molecule has 1 aliphatic heterocycles. The Labute approximate surface area is 109 Å². The smallest absolute Gasteiger partial charge is 0.277 e. The average molecular weight is 259 g/mol. The minimum atomic E-state index is -0.114. The third-order valence-corrected chi connectivity index (χ3v) is 2.97. The molecule has 0 bridgehead atoms. The lowest BCUT2D eigenvalue weighted by Crippen LogP contribution is -2.35. The summed E-state index contributed by atoms with van der Waals surface area (Å²) in [5.41, 5.74) is 1.37. The number of hydrogen-bond acceptors (Lipinski definition) is 5. The standard InChI is InChI=1S/C13H13N3O3/c17-13(16-7-1-2-8-19-16)11-5-3-10(4-6-11)12-15-14-9-18-12/h3-6,9H,1-2,7-8H2. The van der Waals surface area contributed by atoms with Gasteiger partial charge in [0.15, 0.2) is 0 Å². The minimum absolute atomic E-state index is 0.114. The van der Waals surface area contributed by atoms with Crippen LogP contribution in [-0.2, 0) is 4.84 Å². The molecule has 1 saturated heterocycles. The number of hydroxylamine groups is 2. The number of carbonyl (C=O) groups is 1. The first-order valence-electron chi connectivity index (χ1n) is 6.16. The van der Waals surface area contributed by atoms with Crippen molar-refractivity contribution in [3.63, 3.8) is 0 Å². The summed E-state index contributed by atoms with van der Waals surface area (Å²) in [5, 5.41) is 8.85. The second-order valence-electron chi connectivity index (χ2n) is 4.27. The maximum atomic E-state index is 12.1. The average Bonchev–Trinajstić information content (AvgIpc) is 3.02. The zero-order valence-corrected chi connectivity index (χ0v) is 10.3. The van der Waals surface area contributed by atoms with Gasteiger partial charge in [-0.3, -0.25) is 9.63 Å². The van der Waals surface area contributed by atoms with Gasteiger partial charge in [-0.25, -0.2) is 5.06 Å². The van der Waals surface area contributed by atoms with Gasteiger partial charge in [-0.1, -0.05) is 0 Å². The summed E-state index contributed by atoms with van der Waals surface area (Å²) in [6.07, 6.45) is 3.25. The highest BCUT2D eigenvalue weighted by Crippen LogP contribution is 2.18. The van der Waals surface area contributed by atoms with Gasteiger partial charge in [-0.05, 0) is 37.1 Å². The highest BCUT2D eigenvalue weighted by Gasteiger charge is 2.19. The van der Waals surface area contributed by atoms with Crippen molar-refractivity contribution in [2.75, 3.05) is 13.2 Å². The molecule has 6 heteroatoms. The molecule has 0 spiro atoms. The van der Waals surface area contributed by atoms with Crippen molar-refractivity contribution in [2.45, 2.75) is 12.8 Å². The predicted octanol–water partition coefficient (Wildman–Crippen LogP) is 1.90. The number of carbonyl (C=O) groups excluding carboxylic acids is 1. The Morgan fingerprint density at radius 2 is 2.05 bits per heavy atom. The number of hydrogen-bond donors (Lipinski definition) is 0. The summed E-state index contributed by atoms with van der Waals surface area (Å²) in [4.78, 5) is 17.5. The highest BCUT2D eigenvalue weighted by atomic mass is 16.7. The Bertz CT molecular complexity index is 545. The highest BCUT2D eigenvalue weighted by molar-refractivity contribution is 5.93. The molecule has 0 radical (unpaired) electrons. The summed E-state index contributed by atoms with van der Waals surface area (Å²) in [6.45, 7) is 1.25. The predicted molar refractivity (Wildman–Crippen MR) is 66.0 cm³/mol. The van der Waals surface area contributed by atoms with Crippen LogP contribution in [0, 0.1) is 0 Å². The number of aromatic nitrogens is 2. The maximum Gasteiger partial charge on any atom is 0.277 e. The monoisotopic (exact) mass is 259 g/mol. The second-order valence-corrected chi connectivity index (χ2v) is 4.27. The van der Waals surface area contributed by atoms with E-state index in [1.54, 1.807) is 24.3 Å². The van der Waals surface area contributed by atoms with E-state index in [1.165, 1.54) is 11.5 Å². The summed E-state index contributed by atoms with van der Waals surface area (Å²) in [6, 6.07) is 7.04. The summed E-state index contributed by atoms with van der Waals surface area (Å²) >= 11 is 0. The number of nitrogens with zero attached hydrogens (tertiary/aromatic N) is 3. The molecule has 1 aliphatic rings. The van der Waals surface area contributed by atoms with E-state index in [4.69, 9.17) is 9.25 Å². The minimum Gasteiger partial charge on any atom is -0.423 e. The molecular weight excluding hydrogens is 246 g/mol. The Morgan fingerprint density at radius 3 is 2.68 bits per heavy atom. The Hall–Kier alpha value is -2.21. The summed E-state index contributed by atoms with van der Waals surface area (Å²) in [7, 11) is 0. The lowest BCUT2D eigenvalue weighted by atomic mass is 10.1. The topological polar surface area (TPSA) is 68.5 Å². The van der Waals surface area contributed by atoms with E-state index >= 15 is 0 Å². The normalized spacial score (nSPS) is 15.5. The van der Waals surface area contributed by atoms with Crippen LogP contribution in [0.3, 0.4) is 0 Å². The van der Waals surface area contributed by atoms with Crippen molar-refractivity contribution in [3.05, 3.63) is 36.2 Å². The lowest BCUT2D eigenvalue weighted by Gasteiger charge is -2.25. The molecule has 1 amide bonds. The van der Waals surface area contributed by atoms with Crippen LogP contribution in [0.25, 0.3) is 11.5 Å². The molecule has 1 aromatic carbocycles. The third-order valence-electron chi connectivity index (χ3n) is 2.97. The van der Waals surface area contributed by atoms with Gasteiger partial charge in [0, 0.05) is 17.7 Å². The summed E-state index contributed by atoms with van der Waals surface area (Å²) < 4.78 is 5.09. The fourth-order valence-electron chi connectivity index (χ4n) is 1.96. The van der Waals surface area contributed by atoms with Crippen LogP contribution in [0.1, 0.15) is 23.2 Å². The van der Waals surface area contributed by atoms with E-state index in [2.05, 4.69) is 10.2 Å².